The Kier molecular flexibility index (Phi) is 4.42. The van der Waals surface area contributed by atoms with Gasteiger partial charge in [0.15, 0.2) is 0 Å². The molecule has 0 amide bonds. The number of rotatable bonds is 5. The number of aromatic nitrogens is 2. The summed E-state index contributed by atoms with van der Waals surface area (Å²) in [4.78, 5) is 4.33. The van der Waals surface area contributed by atoms with E-state index in [0.29, 0.717) is 16.4 Å². The molecule has 1 heterocycles. The van der Waals surface area contributed by atoms with Crippen molar-refractivity contribution < 1.29 is 12.9 Å². The molecule has 0 radical (unpaired) electrons. The van der Waals surface area contributed by atoms with Gasteiger partial charge in [-0.2, -0.15) is 4.98 Å². The summed E-state index contributed by atoms with van der Waals surface area (Å²) in [6, 6.07) is 15.1. The largest absolute Gasteiger partial charge is 0.338 e. The molecular formula is C15H12ClN3O3S. The first kappa shape index (κ1) is 15.7. The van der Waals surface area contributed by atoms with Crippen LogP contribution in [0.3, 0.4) is 0 Å². The summed E-state index contributed by atoms with van der Waals surface area (Å²) in [6.07, 6.45) is 0. The lowest BCUT2D eigenvalue weighted by Gasteiger charge is -2.03. The average molecular weight is 350 g/mol. The van der Waals surface area contributed by atoms with Crippen LogP contribution in [-0.4, -0.2) is 18.6 Å². The molecule has 3 aromatic rings. The van der Waals surface area contributed by atoms with Gasteiger partial charge in [0.1, 0.15) is 0 Å². The van der Waals surface area contributed by atoms with E-state index in [1.165, 1.54) is 12.1 Å². The fraction of sp³-hybridized carbons (Fsp3) is 0.0667. The zero-order valence-electron chi connectivity index (χ0n) is 11.8. The van der Waals surface area contributed by atoms with Gasteiger partial charge >= 0.3 is 0 Å². The standard InChI is InChI=1S/C15H12ClN3O3S/c16-12-6-4-5-11(9-12)15-18-14(22-19-15)10-17-23(20,21)13-7-2-1-3-8-13/h1-9,17H,10H2. The summed E-state index contributed by atoms with van der Waals surface area (Å²) in [6.45, 7) is -0.0925. The van der Waals surface area contributed by atoms with Crippen LogP contribution in [0.5, 0.6) is 0 Å². The highest BCUT2D eigenvalue weighted by atomic mass is 35.5. The number of benzene rings is 2. The molecule has 0 aliphatic carbocycles. The molecule has 0 spiro atoms. The maximum Gasteiger partial charge on any atom is 0.242 e. The Bertz CT molecular complexity index is 910. The van der Waals surface area contributed by atoms with Gasteiger partial charge in [-0.25, -0.2) is 13.1 Å². The van der Waals surface area contributed by atoms with E-state index in [-0.39, 0.29) is 17.3 Å². The topological polar surface area (TPSA) is 85.1 Å². The van der Waals surface area contributed by atoms with Crippen LogP contribution in [0.1, 0.15) is 5.89 Å². The van der Waals surface area contributed by atoms with Gasteiger partial charge in [0.25, 0.3) is 0 Å². The van der Waals surface area contributed by atoms with Crippen LogP contribution in [-0.2, 0) is 16.6 Å². The minimum absolute atomic E-state index is 0.0925. The van der Waals surface area contributed by atoms with Crippen LogP contribution in [0.15, 0.2) is 64.0 Å². The van der Waals surface area contributed by atoms with Crippen molar-refractivity contribution in [2.75, 3.05) is 0 Å². The fourth-order valence-electron chi connectivity index (χ4n) is 1.91. The highest BCUT2D eigenvalue weighted by Crippen LogP contribution is 2.20. The van der Waals surface area contributed by atoms with Crippen molar-refractivity contribution in [3.63, 3.8) is 0 Å². The fourth-order valence-corrected chi connectivity index (χ4v) is 3.10. The Labute approximate surface area is 138 Å². The Morgan fingerprint density at radius 2 is 1.87 bits per heavy atom. The number of hydrogen-bond acceptors (Lipinski definition) is 5. The van der Waals surface area contributed by atoms with Crippen molar-refractivity contribution in [2.45, 2.75) is 11.4 Å². The van der Waals surface area contributed by atoms with E-state index in [9.17, 15) is 8.42 Å². The Hall–Kier alpha value is -2.22. The number of hydrogen-bond donors (Lipinski definition) is 1. The zero-order valence-corrected chi connectivity index (χ0v) is 13.4. The molecule has 0 atom stereocenters. The summed E-state index contributed by atoms with van der Waals surface area (Å²) in [5.74, 6) is 0.515. The highest BCUT2D eigenvalue weighted by Gasteiger charge is 2.15. The third-order valence-electron chi connectivity index (χ3n) is 3.02. The normalized spacial score (nSPS) is 11.5. The molecule has 8 heteroatoms. The second-order valence-corrected chi connectivity index (χ2v) is 6.86. The minimum Gasteiger partial charge on any atom is -0.338 e. The second-order valence-electron chi connectivity index (χ2n) is 4.66. The van der Waals surface area contributed by atoms with E-state index >= 15 is 0 Å². The van der Waals surface area contributed by atoms with Crippen LogP contribution in [0.25, 0.3) is 11.4 Å². The smallest absolute Gasteiger partial charge is 0.242 e. The Balaban J connectivity index is 1.73. The van der Waals surface area contributed by atoms with Crippen molar-refractivity contribution >= 4 is 21.6 Å². The van der Waals surface area contributed by atoms with E-state index < -0.39 is 10.0 Å². The molecule has 1 N–H and O–H groups in total. The van der Waals surface area contributed by atoms with E-state index in [1.807, 2.05) is 0 Å². The van der Waals surface area contributed by atoms with Crippen molar-refractivity contribution in [2.24, 2.45) is 0 Å². The highest BCUT2D eigenvalue weighted by molar-refractivity contribution is 7.89. The lowest BCUT2D eigenvalue weighted by Crippen LogP contribution is -2.23. The van der Waals surface area contributed by atoms with Gasteiger partial charge in [-0.1, -0.05) is 47.1 Å². The van der Waals surface area contributed by atoms with Crippen molar-refractivity contribution in [1.82, 2.24) is 14.9 Å². The molecule has 0 unspecified atom stereocenters. The van der Waals surface area contributed by atoms with E-state index in [1.54, 1.807) is 42.5 Å². The van der Waals surface area contributed by atoms with Gasteiger partial charge in [0, 0.05) is 10.6 Å². The molecule has 6 nitrogen and oxygen atoms in total. The van der Waals surface area contributed by atoms with Crippen LogP contribution < -0.4 is 4.72 Å². The SMILES string of the molecule is O=S(=O)(NCc1nc(-c2cccc(Cl)c2)no1)c1ccccc1. The molecule has 3 rings (SSSR count). The van der Waals surface area contributed by atoms with Gasteiger partial charge in [-0.15, -0.1) is 0 Å². The van der Waals surface area contributed by atoms with Gasteiger partial charge in [0.05, 0.1) is 11.4 Å². The molecule has 118 valence electrons. The molecule has 2 aromatic carbocycles. The third-order valence-corrected chi connectivity index (χ3v) is 4.67. The average Bonchev–Trinajstić information content (AvgIpc) is 3.03. The molecular weight excluding hydrogens is 338 g/mol. The van der Waals surface area contributed by atoms with Crippen molar-refractivity contribution in [3.8, 4) is 11.4 Å². The Morgan fingerprint density at radius 1 is 1.09 bits per heavy atom. The van der Waals surface area contributed by atoms with Gasteiger partial charge in [-0.3, -0.25) is 0 Å². The minimum atomic E-state index is -3.62. The van der Waals surface area contributed by atoms with Gasteiger partial charge < -0.3 is 4.52 Å². The zero-order chi connectivity index (χ0) is 16.3. The lowest BCUT2D eigenvalue weighted by molar-refractivity contribution is 0.376. The third kappa shape index (κ3) is 3.76. The van der Waals surface area contributed by atoms with Gasteiger partial charge in [-0.05, 0) is 24.3 Å². The molecule has 0 aliphatic heterocycles. The number of halogens is 1. The maximum atomic E-state index is 12.1. The second kappa shape index (κ2) is 6.49. The molecule has 0 fully saturated rings. The maximum absolute atomic E-state index is 12.1. The molecule has 0 aliphatic rings. The van der Waals surface area contributed by atoms with Crippen LogP contribution in [0.4, 0.5) is 0 Å². The predicted octanol–water partition coefficient (Wildman–Crippen LogP) is 2.87. The Morgan fingerprint density at radius 3 is 2.61 bits per heavy atom. The van der Waals surface area contributed by atoms with Gasteiger partial charge in [0.2, 0.25) is 21.7 Å². The first-order chi connectivity index (χ1) is 11.0. The van der Waals surface area contributed by atoms with Crippen LogP contribution >= 0.6 is 11.6 Å². The number of nitrogens with zero attached hydrogens (tertiary/aromatic N) is 2. The molecule has 1 aromatic heterocycles. The molecule has 0 saturated heterocycles. The summed E-state index contributed by atoms with van der Waals surface area (Å²) < 4.78 is 31.7. The summed E-state index contributed by atoms with van der Waals surface area (Å²) >= 11 is 5.91. The molecule has 0 bridgehead atoms. The first-order valence-corrected chi connectivity index (χ1v) is 8.54. The summed E-state index contributed by atoms with van der Waals surface area (Å²) in [5.41, 5.74) is 0.693. The lowest BCUT2D eigenvalue weighted by atomic mass is 10.2. The van der Waals surface area contributed by atoms with Crippen LogP contribution in [0.2, 0.25) is 5.02 Å². The molecule has 23 heavy (non-hydrogen) atoms. The monoisotopic (exact) mass is 349 g/mol. The van der Waals surface area contributed by atoms with E-state index in [0.717, 1.165) is 0 Å². The summed E-state index contributed by atoms with van der Waals surface area (Å²) in [7, 11) is -3.62. The van der Waals surface area contributed by atoms with Crippen molar-refractivity contribution in [1.29, 1.82) is 0 Å². The van der Waals surface area contributed by atoms with Crippen LogP contribution in [0, 0.1) is 0 Å². The number of sulfonamides is 1. The van der Waals surface area contributed by atoms with E-state index in [2.05, 4.69) is 14.9 Å². The summed E-state index contributed by atoms with van der Waals surface area (Å²) in [5, 5.41) is 4.38. The van der Waals surface area contributed by atoms with Crippen molar-refractivity contribution in [3.05, 3.63) is 65.5 Å². The predicted molar refractivity (Wildman–Crippen MR) is 85.2 cm³/mol. The number of nitrogens with one attached hydrogen (secondary N) is 1. The molecule has 0 saturated carbocycles. The quantitative estimate of drug-likeness (QED) is 0.765. The van der Waals surface area contributed by atoms with E-state index in [4.69, 9.17) is 16.1 Å². The first-order valence-electron chi connectivity index (χ1n) is 6.68.